The van der Waals surface area contributed by atoms with Crippen LogP contribution in [0.5, 0.6) is 5.75 Å². The van der Waals surface area contributed by atoms with Crippen LogP contribution in [-0.2, 0) is 89.6 Å². The fraction of sp³-hybridized carbons (Fsp3) is 0.595. The van der Waals surface area contributed by atoms with E-state index < -0.39 is 210 Å². The van der Waals surface area contributed by atoms with Gasteiger partial charge < -0.3 is 145 Å². The van der Waals surface area contributed by atoms with Crippen LogP contribution in [-0.4, -0.2) is 287 Å². The molecule has 0 saturated carbocycles. The second-order valence-electron chi connectivity index (χ2n) is 31.4. The molecule has 2 aromatic carbocycles. The Kier molecular flexibility index (Phi) is 43.5. The molecule has 47 heteroatoms. The maximum atomic E-state index is 15.0. The first-order valence-electron chi connectivity index (χ1n) is 42.1. The third kappa shape index (κ3) is 35.5. The van der Waals surface area contributed by atoms with Crippen molar-refractivity contribution in [1.82, 2.24) is 94.5 Å². The Labute approximate surface area is 729 Å². The van der Waals surface area contributed by atoms with Crippen LogP contribution in [0.25, 0.3) is 0 Å². The van der Waals surface area contributed by atoms with Crippen molar-refractivity contribution in [3.05, 3.63) is 65.7 Å². The first-order chi connectivity index (χ1) is 59.8. The zero-order chi connectivity index (χ0) is 93.3. The molecule has 47 nitrogen and oxygen atoms in total. The lowest BCUT2D eigenvalue weighted by Crippen LogP contribution is -2.61. The third-order valence-corrected chi connectivity index (χ3v) is 21.0. The second kappa shape index (κ2) is 53.1. The topological polar surface area (TPSA) is 781 Å². The maximum absolute atomic E-state index is 15.0. The average molecular weight is 1770 g/mol. The predicted molar refractivity (Wildman–Crippen MR) is 459 cm³/mol. The number of aliphatic carboxylic acids is 1. The summed E-state index contributed by atoms with van der Waals surface area (Å²) >= 11 is 0. The number of amides is 15. The SMILES string of the molecule is CC(N)C(=O)N1CCCC1C(=O)NC(CCCNC(=N)N)C(=O)NC(Cc1ccccc1)C(=O)NCC(=O)NCC(=O)NC(C(=O)NC(CCCCN)C(=O)NC(CCCNC(=N)N)C(=O)N1CCCC1C(=O)NC(CC(N)=O)C(=O)NC(CCCNC(=N)N)C(=O)NC(Cc1ccc(O)cc1)C(=O)NC(CCCNC(=N)N)C(=O)N1CCCC1C(=O)O)C(C)C. The molecule has 126 heavy (non-hydrogen) atoms. The van der Waals surface area contributed by atoms with Gasteiger partial charge in [0.05, 0.1) is 25.6 Å². The van der Waals surface area contributed by atoms with Gasteiger partial charge in [-0.3, -0.25) is 93.6 Å². The molecule has 3 saturated heterocycles. The molecular formula is C79H127N29O18. The third-order valence-electron chi connectivity index (χ3n) is 21.0. The smallest absolute Gasteiger partial charge is 0.326 e. The molecule has 696 valence electrons. The van der Waals surface area contributed by atoms with E-state index in [-0.39, 0.29) is 166 Å². The molecule has 3 aliphatic heterocycles. The maximum Gasteiger partial charge on any atom is 0.326 e. The second-order valence-corrected chi connectivity index (χ2v) is 31.4. The summed E-state index contributed by atoms with van der Waals surface area (Å²) < 4.78 is 0. The molecule has 13 unspecified atom stereocenters. The lowest BCUT2D eigenvalue weighted by atomic mass is 10.0. The fourth-order valence-corrected chi connectivity index (χ4v) is 14.5. The van der Waals surface area contributed by atoms with Gasteiger partial charge in [0.2, 0.25) is 88.6 Å². The lowest BCUT2D eigenvalue weighted by Gasteiger charge is -2.31. The largest absolute Gasteiger partial charge is 0.508 e. The molecular weight excluding hydrogens is 1640 g/mol. The number of carbonyl (C=O) groups is 16. The van der Waals surface area contributed by atoms with Crippen LogP contribution in [0.1, 0.15) is 147 Å². The van der Waals surface area contributed by atoms with E-state index in [2.05, 4.69) is 79.8 Å². The molecule has 3 heterocycles. The summed E-state index contributed by atoms with van der Waals surface area (Å²) in [5, 5.41) is 89.6. The average Bonchev–Trinajstić information content (AvgIpc) is 1.66. The predicted octanol–water partition coefficient (Wildman–Crippen LogP) is -8.11. The van der Waals surface area contributed by atoms with Crippen LogP contribution in [0.2, 0.25) is 0 Å². The molecule has 5 rings (SSSR count). The number of hydrogen-bond acceptors (Lipinski definition) is 23. The van der Waals surface area contributed by atoms with Crippen LogP contribution in [0.15, 0.2) is 54.6 Å². The van der Waals surface area contributed by atoms with E-state index in [1.807, 2.05) is 0 Å². The van der Waals surface area contributed by atoms with Gasteiger partial charge in [-0.25, -0.2) is 4.79 Å². The summed E-state index contributed by atoms with van der Waals surface area (Å²) in [5.41, 5.74) is 40.4. The number of carboxylic acid groups (broad SMARTS) is 1. The number of nitrogens with one attached hydrogen (secondary N) is 19. The molecule has 3 fully saturated rings. The summed E-state index contributed by atoms with van der Waals surface area (Å²) in [4.78, 5) is 228. The number of phenolic OH excluding ortho intramolecular Hbond substituents is 1. The van der Waals surface area contributed by atoms with E-state index in [1.165, 1.54) is 36.1 Å². The number of carboxylic acids is 1. The summed E-state index contributed by atoms with van der Waals surface area (Å²) in [5.74, 6) is -16.8. The van der Waals surface area contributed by atoms with Crippen LogP contribution < -0.4 is 120 Å². The van der Waals surface area contributed by atoms with E-state index in [4.69, 9.17) is 61.8 Å². The minimum absolute atomic E-state index is 0.00407. The number of hydrogen-bond donors (Lipinski definition) is 28. The highest BCUT2D eigenvalue weighted by Crippen LogP contribution is 2.24. The standard InChI is InChI=1S/C79H127N29O18/c1-43(2)62(105-61(112)42-95-60(111)41-96-63(113)53(38-45-16-5-4-6-17-45)102-66(116)50(20-10-32-92-77(85)86)98-69(119)56-23-13-35-106(56)72(122)44(3)81)71(121)99-48(18-7-8-30-80)64(114)100-51(21-11-33-93-78(87)88)73(123)107-36-14-24-57(107)70(120)104-55(40-59(82)110)68(118)97-49(19-9-31-91-76(83)84)65(115)103-54(39-46-26-28-47(109)29-27-46)67(117)101-52(22-12-34-94-79(89)90)74(124)108-37-15-25-58(108)75(125)126/h4-6,16-17,26-29,43-44,48-58,62,109H,7-15,18-25,30-42,80-81H2,1-3H3,(H2,82,110)(H,95,111)(H,96,113)(H,97,118)(H,98,119)(H,99,121)(H,100,114)(H,101,117)(H,102,116)(H,103,115)(H,104,120)(H,105,112)(H,125,126)(H4,83,84,91)(H4,85,86,92)(H4,87,88,93)(H4,89,90,94). The van der Waals surface area contributed by atoms with Crippen molar-refractivity contribution in [3.8, 4) is 5.75 Å². The minimum Gasteiger partial charge on any atom is -0.508 e. The van der Waals surface area contributed by atoms with Crippen molar-refractivity contribution in [1.29, 1.82) is 21.6 Å². The summed E-state index contributed by atoms with van der Waals surface area (Å²) in [6, 6.07) is -3.76. The molecule has 0 radical (unpaired) electrons. The molecule has 3 aliphatic rings. The fourth-order valence-electron chi connectivity index (χ4n) is 14.5. The van der Waals surface area contributed by atoms with Crippen molar-refractivity contribution in [2.75, 3.05) is 65.4 Å². The number of carbonyl (C=O) groups excluding carboxylic acids is 15. The highest BCUT2D eigenvalue weighted by atomic mass is 16.4. The van der Waals surface area contributed by atoms with Crippen molar-refractivity contribution < 1.29 is 86.9 Å². The Morgan fingerprint density at radius 1 is 0.405 bits per heavy atom. The van der Waals surface area contributed by atoms with E-state index in [1.54, 1.807) is 44.2 Å². The number of nitrogens with zero attached hydrogens (tertiary/aromatic N) is 3. The van der Waals surface area contributed by atoms with E-state index in [9.17, 15) is 82.1 Å². The number of phenols is 1. The Bertz CT molecular complexity index is 4120. The van der Waals surface area contributed by atoms with E-state index in [0.29, 0.717) is 36.8 Å². The summed E-state index contributed by atoms with van der Waals surface area (Å²) in [7, 11) is 0. The molecule has 0 aromatic heterocycles. The quantitative estimate of drug-likeness (QED) is 0.0166. The number of unbranched alkanes of at least 4 members (excludes halogenated alkanes) is 1. The molecule has 0 bridgehead atoms. The van der Waals surface area contributed by atoms with Crippen LogP contribution in [0.4, 0.5) is 0 Å². The number of guanidine groups is 4. The van der Waals surface area contributed by atoms with Gasteiger partial charge in [-0.05, 0) is 152 Å². The number of benzene rings is 2. The zero-order valence-corrected chi connectivity index (χ0v) is 71.3. The van der Waals surface area contributed by atoms with Gasteiger partial charge >= 0.3 is 5.97 Å². The minimum atomic E-state index is -1.86. The number of rotatable bonds is 53. The Morgan fingerprint density at radius 2 is 0.770 bits per heavy atom. The van der Waals surface area contributed by atoms with Gasteiger partial charge in [-0.15, -0.1) is 0 Å². The monoisotopic (exact) mass is 1770 g/mol. The lowest BCUT2D eigenvalue weighted by molar-refractivity contribution is -0.149. The highest BCUT2D eigenvalue weighted by Gasteiger charge is 2.44. The molecule has 2 aromatic rings. The van der Waals surface area contributed by atoms with Gasteiger partial charge in [0.25, 0.3) is 0 Å². The summed E-state index contributed by atoms with van der Waals surface area (Å²) in [6.45, 7) is 3.75. The van der Waals surface area contributed by atoms with Crippen LogP contribution in [0, 0.1) is 27.6 Å². The van der Waals surface area contributed by atoms with Crippen LogP contribution >= 0.6 is 0 Å². The zero-order valence-electron chi connectivity index (χ0n) is 71.3. The molecule has 0 aliphatic carbocycles. The van der Waals surface area contributed by atoms with E-state index >= 15 is 4.79 Å². The molecule has 0 spiro atoms. The van der Waals surface area contributed by atoms with Crippen molar-refractivity contribution in [2.24, 2.45) is 46.1 Å². The Balaban J connectivity index is 1.31. The van der Waals surface area contributed by atoms with Gasteiger partial charge in [0.1, 0.15) is 78.3 Å². The van der Waals surface area contributed by atoms with Gasteiger partial charge in [0.15, 0.2) is 23.8 Å². The van der Waals surface area contributed by atoms with Crippen molar-refractivity contribution >= 4 is 118 Å². The number of likely N-dealkylation sites (tertiary alicyclic amines) is 3. The van der Waals surface area contributed by atoms with Gasteiger partial charge in [0, 0.05) is 58.7 Å². The van der Waals surface area contributed by atoms with Crippen molar-refractivity contribution in [2.45, 2.75) is 228 Å². The molecule has 15 amide bonds. The highest BCUT2D eigenvalue weighted by molar-refractivity contribution is 6.01. The first-order valence-corrected chi connectivity index (χ1v) is 42.1. The van der Waals surface area contributed by atoms with Crippen molar-refractivity contribution in [3.63, 3.8) is 0 Å². The van der Waals surface area contributed by atoms with Gasteiger partial charge in [-0.1, -0.05) is 56.3 Å². The van der Waals surface area contributed by atoms with Crippen LogP contribution in [0.3, 0.4) is 0 Å². The number of aromatic hydroxyl groups is 1. The summed E-state index contributed by atoms with van der Waals surface area (Å²) in [6.07, 6.45) is 0.529. The molecule has 35 N–H and O–H groups in total. The van der Waals surface area contributed by atoms with Gasteiger partial charge in [-0.2, -0.15) is 0 Å². The molecule has 13 atom stereocenters. The number of primary amides is 1. The Hall–Kier alpha value is -13.2. The number of nitrogens with two attached hydrogens (primary N) is 7. The van der Waals surface area contributed by atoms with E-state index in [0.717, 1.165) is 9.80 Å². The first kappa shape index (κ1) is 103. The Morgan fingerprint density at radius 3 is 1.21 bits per heavy atom. The normalized spacial score (nSPS) is 17.0.